The number of hydrogen-bond donors (Lipinski definition) is 0. The summed E-state index contributed by atoms with van der Waals surface area (Å²) in [5.74, 6) is 3.91. The lowest BCUT2D eigenvalue weighted by Crippen LogP contribution is -1.73. The first-order valence-corrected chi connectivity index (χ1v) is 5.58. The second kappa shape index (κ2) is 3.61. The third kappa shape index (κ3) is 2.22. The zero-order chi connectivity index (χ0) is 8.43. The standard InChI is InChI=1S/C8H8Cl2S/c1-11(2)6-3-4-7(9)8(10)5-6/h3-5H,1H2,2H3. The molecule has 1 aromatic rings. The van der Waals surface area contributed by atoms with E-state index in [4.69, 9.17) is 23.2 Å². The molecule has 0 N–H and O–H groups in total. The molecule has 0 saturated carbocycles. The van der Waals surface area contributed by atoms with Gasteiger partial charge in [-0.1, -0.05) is 29.1 Å². The number of halogens is 2. The van der Waals surface area contributed by atoms with Crippen molar-refractivity contribution in [2.45, 2.75) is 4.90 Å². The van der Waals surface area contributed by atoms with Gasteiger partial charge in [-0.05, 0) is 24.5 Å². The molecule has 60 valence electrons. The van der Waals surface area contributed by atoms with Crippen molar-refractivity contribution < 1.29 is 0 Å². The molecule has 11 heavy (non-hydrogen) atoms. The maximum absolute atomic E-state index is 5.80. The summed E-state index contributed by atoms with van der Waals surface area (Å²) in [6.07, 6.45) is 2.04. The van der Waals surface area contributed by atoms with Crippen molar-refractivity contribution in [3.05, 3.63) is 28.2 Å². The monoisotopic (exact) mass is 206 g/mol. The third-order valence-electron chi connectivity index (χ3n) is 1.29. The van der Waals surface area contributed by atoms with Crippen LogP contribution in [0.4, 0.5) is 0 Å². The van der Waals surface area contributed by atoms with Gasteiger partial charge < -0.3 is 0 Å². The maximum atomic E-state index is 5.80. The van der Waals surface area contributed by atoms with Crippen LogP contribution >= 0.6 is 33.7 Å². The lowest BCUT2D eigenvalue weighted by Gasteiger charge is -2.01. The molecule has 0 saturated heterocycles. The summed E-state index contributed by atoms with van der Waals surface area (Å²) in [4.78, 5) is 1.14. The van der Waals surface area contributed by atoms with Gasteiger partial charge in [0.2, 0.25) is 0 Å². The number of hydrogen-bond acceptors (Lipinski definition) is 0. The lowest BCUT2D eigenvalue weighted by molar-refractivity contribution is 1.47. The van der Waals surface area contributed by atoms with Crippen LogP contribution in [0.2, 0.25) is 10.0 Å². The Balaban J connectivity index is 3.15. The van der Waals surface area contributed by atoms with Crippen LogP contribution in [-0.4, -0.2) is 12.1 Å². The molecule has 0 spiro atoms. The van der Waals surface area contributed by atoms with E-state index in [0.717, 1.165) is 4.90 Å². The molecule has 1 rings (SSSR count). The molecule has 0 aliphatic carbocycles. The molecule has 0 aliphatic heterocycles. The van der Waals surface area contributed by atoms with Crippen LogP contribution in [0.1, 0.15) is 0 Å². The fraction of sp³-hybridized carbons (Fsp3) is 0.125. The Labute approximate surface area is 79.1 Å². The second-order valence-electron chi connectivity index (χ2n) is 2.21. The minimum atomic E-state index is 0.00941. The minimum absolute atomic E-state index is 0.00941. The highest BCUT2D eigenvalue weighted by atomic mass is 35.5. The molecule has 0 heterocycles. The Kier molecular flexibility index (Phi) is 2.99. The first kappa shape index (κ1) is 9.11. The third-order valence-corrected chi connectivity index (χ3v) is 3.09. The first-order valence-electron chi connectivity index (χ1n) is 3.02. The first-order chi connectivity index (χ1) is 5.11. The van der Waals surface area contributed by atoms with Gasteiger partial charge in [0.05, 0.1) is 10.0 Å². The molecule has 0 amide bonds. The van der Waals surface area contributed by atoms with E-state index in [1.165, 1.54) is 0 Å². The van der Waals surface area contributed by atoms with E-state index >= 15 is 0 Å². The molecule has 1 atom stereocenters. The van der Waals surface area contributed by atoms with Crippen LogP contribution in [0, 0.1) is 0 Å². The van der Waals surface area contributed by atoms with E-state index in [0.29, 0.717) is 10.0 Å². The van der Waals surface area contributed by atoms with Crippen LogP contribution in [0.25, 0.3) is 0 Å². The maximum Gasteiger partial charge on any atom is 0.0603 e. The minimum Gasteiger partial charge on any atom is -0.165 e. The molecule has 0 fully saturated rings. The highest BCUT2D eigenvalue weighted by molar-refractivity contribution is 8.13. The second-order valence-corrected chi connectivity index (χ2v) is 4.77. The van der Waals surface area contributed by atoms with Gasteiger partial charge in [0, 0.05) is 4.90 Å². The van der Waals surface area contributed by atoms with E-state index in [2.05, 4.69) is 5.87 Å². The van der Waals surface area contributed by atoms with E-state index < -0.39 is 0 Å². The average Bonchev–Trinajstić information content (AvgIpc) is 1.94. The quantitative estimate of drug-likeness (QED) is 0.616. The fourth-order valence-electron chi connectivity index (χ4n) is 0.694. The molecule has 3 heteroatoms. The lowest BCUT2D eigenvalue weighted by atomic mass is 10.4. The SMILES string of the molecule is C=S(C)c1ccc(Cl)c(Cl)c1. The molecule has 0 radical (unpaired) electrons. The van der Waals surface area contributed by atoms with Gasteiger partial charge in [0.25, 0.3) is 0 Å². The van der Waals surface area contributed by atoms with Crippen LogP contribution in [0.3, 0.4) is 0 Å². The molecule has 0 aliphatic rings. The summed E-state index contributed by atoms with van der Waals surface area (Å²) in [5.41, 5.74) is 0. The predicted molar refractivity (Wildman–Crippen MR) is 55.4 cm³/mol. The number of benzene rings is 1. The van der Waals surface area contributed by atoms with Gasteiger partial charge >= 0.3 is 0 Å². The van der Waals surface area contributed by atoms with Crippen molar-refractivity contribution in [2.75, 3.05) is 6.26 Å². The Bertz CT molecular complexity index is 294. The summed E-state index contributed by atoms with van der Waals surface area (Å²) < 4.78 is 0. The Morgan fingerprint density at radius 2 is 1.91 bits per heavy atom. The molecular weight excluding hydrogens is 199 g/mol. The highest BCUT2D eigenvalue weighted by Crippen LogP contribution is 2.28. The van der Waals surface area contributed by atoms with Crippen molar-refractivity contribution in [1.29, 1.82) is 0 Å². The molecule has 0 nitrogen and oxygen atoms in total. The zero-order valence-corrected chi connectivity index (χ0v) is 8.43. The van der Waals surface area contributed by atoms with E-state index in [1.54, 1.807) is 6.07 Å². The summed E-state index contributed by atoms with van der Waals surface area (Å²) >= 11 is 11.5. The van der Waals surface area contributed by atoms with Gasteiger partial charge in [0.15, 0.2) is 0 Å². The van der Waals surface area contributed by atoms with Gasteiger partial charge in [0.1, 0.15) is 0 Å². The van der Waals surface area contributed by atoms with Gasteiger partial charge in [-0.3, -0.25) is 0 Å². The van der Waals surface area contributed by atoms with Crippen LogP contribution in [0.15, 0.2) is 23.1 Å². The zero-order valence-electron chi connectivity index (χ0n) is 6.10. The summed E-state index contributed by atoms with van der Waals surface area (Å²) in [6, 6.07) is 5.61. The van der Waals surface area contributed by atoms with Gasteiger partial charge in [-0.15, -0.1) is 0 Å². The van der Waals surface area contributed by atoms with E-state index in [9.17, 15) is 0 Å². The van der Waals surface area contributed by atoms with Gasteiger partial charge in [-0.25, -0.2) is 0 Å². The Hall–Kier alpha value is 0.0200. The van der Waals surface area contributed by atoms with Crippen molar-refractivity contribution in [1.82, 2.24) is 0 Å². The summed E-state index contributed by atoms with van der Waals surface area (Å²) in [7, 11) is 0.00941. The number of rotatable bonds is 1. The average molecular weight is 207 g/mol. The van der Waals surface area contributed by atoms with Crippen LogP contribution in [-0.2, 0) is 0 Å². The van der Waals surface area contributed by atoms with E-state index in [1.807, 2.05) is 18.4 Å². The van der Waals surface area contributed by atoms with Gasteiger partial charge in [-0.2, -0.15) is 10.5 Å². The largest absolute Gasteiger partial charge is 0.165 e. The van der Waals surface area contributed by atoms with Crippen LogP contribution < -0.4 is 0 Å². The molecule has 1 aromatic carbocycles. The highest BCUT2D eigenvalue weighted by Gasteiger charge is 1.97. The topological polar surface area (TPSA) is 0 Å². The summed E-state index contributed by atoms with van der Waals surface area (Å²) in [5, 5.41) is 1.20. The van der Waals surface area contributed by atoms with Crippen molar-refractivity contribution in [3.63, 3.8) is 0 Å². The van der Waals surface area contributed by atoms with Crippen molar-refractivity contribution in [3.8, 4) is 0 Å². The molecule has 0 aromatic heterocycles. The molecule has 1 unspecified atom stereocenters. The van der Waals surface area contributed by atoms with Crippen molar-refractivity contribution in [2.24, 2.45) is 0 Å². The van der Waals surface area contributed by atoms with Crippen molar-refractivity contribution >= 4 is 39.6 Å². The van der Waals surface area contributed by atoms with E-state index in [-0.39, 0.29) is 10.5 Å². The Morgan fingerprint density at radius 1 is 1.27 bits per heavy atom. The predicted octanol–water partition coefficient (Wildman–Crippen LogP) is 3.68. The smallest absolute Gasteiger partial charge is 0.0603 e. The molecule has 0 bridgehead atoms. The normalized spacial score (nSPS) is 13.0. The Morgan fingerprint density at radius 3 is 2.36 bits per heavy atom. The molecular formula is C8H8Cl2S. The fourth-order valence-corrected chi connectivity index (χ4v) is 1.68. The summed E-state index contributed by atoms with van der Waals surface area (Å²) in [6.45, 7) is 0. The van der Waals surface area contributed by atoms with Crippen LogP contribution in [0.5, 0.6) is 0 Å².